The lowest BCUT2D eigenvalue weighted by Gasteiger charge is -1.99. The highest BCUT2D eigenvalue weighted by Crippen LogP contribution is 2.11. The smallest absolute Gasteiger partial charge is 0.274 e. The van der Waals surface area contributed by atoms with Crippen LogP contribution in [0.4, 0.5) is 0 Å². The molecule has 2 aromatic heterocycles. The molecule has 0 aromatic carbocycles. The molecule has 2 rings (SSSR count). The molecule has 2 heterocycles. The summed E-state index contributed by atoms with van der Waals surface area (Å²) in [5.74, 6) is 0.448. The van der Waals surface area contributed by atoms with Gasteiger partial charge in [0.25, 0.3) is 5.56 Å². The maximum Gasteiger partial charge on any atom is 0.274 e. The SMILES string of the molecule is COc1ccc2cc[nH]c(=O)c2n1. The van der Waals surface area contributed by atoms with E-state index in [1.807, 2.05) is 0 Å². The Kier molecular flexibility index (Phi) is 1.73. The summed E-state index contributed by atoms with van der Waals surface area (Å²) >= 11 is 0. The third kappa shape index (κ3) is 1.26. The summed E-state index contributed by atoms with van der Waals surface area (Å²) in [6.45, 7) is 0. The van der Waals surface area contributed by atoms with Crippen LogP contribution in [0, 0.1) is 0 Å². The summed E-state index contributed by atoms with van der Waals surface area (Å²) in [6.07, 6.45) is 1.60. The second-order valence-corrected chi connectivity index (χ2v) is 2.60. The van der Waals surface area contributed by atoms with Crippen molar-refractivity contribution in [2.24, 2.45) is 0 Å². The van der Waals surface area contributed by atoms with Crippen molar-refractivity contribution >= 4 is 10.9 Å². The van der Waals surface area contributed by atoms with Crippen LogP contribution >= 0.6 is 0 Å². The van der Waals surface area contributed by atoms with Crippen LogP contribution in [0.25, 0.3) is 10.9 Å². The van der Waals surface area contributed by atoms with Crippen molar-refractivity contribution in [1.29, 1.82) is 0 Å². The molecule has 4 heteroatoms. The van der Waals surface area contributed by atoms with Gasteiger partial charge < -0.3 is 9.72 Å². The van der Waals surface area contributed by atoms with Gasteiger partial charge in [0.1, 0.15) is 5.52 Å². The molecular weight excluding hydrogens is 168 g/mol. The molecule has 4 nitrogen and oxygen atoms in total. The molecule has 66 valence electrons. The monoisotopic (exact) mass is 176 g/mol. The summed E-state index contributed by atoms with van der Waals surface area (Å²) in [5.41, 5.74) is 0.207. The summed E-state index contributed by atoms with van der Waals surface area (Å²) in [6, 6.07) is 5.32. The molecule has 0 atom stereocenters. The van der Waals surface area contributed by atoms with Gasteiger partial charge in [0.15, 0.2) is 0 Å². The quantitative estimate of drug-likeness (QED) is 0.703. The largest absolute Gasteiger partial charge is 0.481 e. The second kappa shape index (κ2) is 2.90. The third-order valence-corrected chi connectivity index (χ3v) is 1.80. The van der Waals surface area contributed by atoms with E-state index in [2.05, 4.69) is 9.97 Å². The number of aromatic amines is 1. The van der Waals surface area contributed by atoms with E-state index in [-0.39, 0.29) is 5.56 Å². The van der Waals surface area contributed by atoms with Gasteiger partial charge in [0.2, 0.25) is 5.88 Å². The van der Waals surface area contributed by atoms with E-state index in [0.29, 0.717) is 11.4 Å². The molecule has 0 radical (unpaired) electrons. The first kappa shape index (κ1) is 7.79. The number of H-pyrrole nitrogens is 1. The van der Waals surface area contributed by atoms with Crippen molar-refractivity contribution in [3.8, 4) is 5.88 Å². The maximum absolute atomic E-state index is 11.3. The van der Waals surface area contributed by atoms with Gasteiger partial charge in [-0.1, -0.05) is 0 Å². The molecule has 0 amide bonds. The molecule has 0 bridgehead atoms. The minimum Gasteiger partial charge on any atom is -0.481 e. The number of hydrogen-bond acceptors (Lipinski definition) is 3. The molecule has 0 aliphatic rings. The normalized spacial score (nSPS) is 10.2. The first-order valence-corrected chi connectivity index (χ1v) is 3.84. The topological polar surface area (TPSA) is 55.0 Å². The minimum absolute atomic E-state index is 0.198. The van der Waals surface area contributed by atoms with Crippen LogP contribution in [-0.2, 0) is 0 Å². The van der Waals surface area contributed by atoms with Crippen LogP contribution in [0.2, 0.25) is 0 Å². The average Bonchev–Trinajstić information content (AvgIpc) is 2.18. The maximum atomic E-state index is 11.3. The molecule has 0 fully saturated rings. The van der Waals surface area contributed by atoms with E-state index < -0.39 is 0 Å². The highest BCUT2D eigenvalue weighted by molar-refractivity contribution is 5.77. The summed E-state index contributed by atoms with van der Waals surface area (Å²) in [7, 11) is 1.52. The molecule has 0 saturated heterocycles. The van der Waals surface area contributed by atoms with Crippen LogP contribution in [0.3, 0.4) is 0 Å². The number of methoxy groups -OCH3 is 1. The molecule has 0 spiro atoms. The first-order valence-electron chi connectivity index (χ1n) is 3.84. The fraction of sp³-hybridized carbons (Fsp3) is 0.111. The number of ether oxygens (including phenoxy) is 1. The van der Waals surface area contributed by atoms with Gasteiger partial charge in [0, 0.05) is 17.6 Å². The van der Waals surface area contributed by atoms with E-state index in [0.717, 1.165) is 5.39 Å². The van der Waals surface area contributed by atoms with Crippen molar-refractivity contribution in [3.05, 3.63) is 34.7 Å². The lowest BCUT2D eigenvalue weighted by Crippen LogP contribution is -2.06. The Balaban J connectivity index is 2.82. The van der Waals surface area contributed by atoms with Crippen LogP contribution < -0.4 is 10.3 Å². The van der Waals surface area contributed by atoms with Crippen molar-refractivity contribution in [2.75, 3.05) is 7.11 Å². The van der Waals surface area contributed by atoms with Gasteiger partial charge in [-0.15, -0.1) is 0 Å². The molecule has 0 aliphatic heterocycles. The zero-order chi connectivity index (χ0) is 9.26. The lowest BCUT2D eigenvalue weighted by molar-refractivity contribution is 0.399. The van der Waals surface area contributed by atoms with Gasteiger partial charge in [0.05, 0.1) is 7.11 Å². The Morgan fingerprint density at radius 2 is 2.23 bits per heavy atom. The van der Waals surface area contributed by atoms with Crippen LogP contribution in [0.5, 0.6) is 5.88 Å². The predicted octanol–water partition coefficient (Wildman–Crippen LogP) is 0.932. The van der Waals surface area contributed by atoms with E-state index in [1.54, 1.807) is 24.4 Å². The Morgan fingerprint density at radius 1 is 1.38 bits per heavy atom. The Hall–Kier alpha value is -1.84. The van der Waals surface area contributed by atoms with Crippen LogP contribution in [0.1, 0.15) is 0 Å². The van der Waals surface area contributed by atoms with Gasteiger partial charge in [-0.25, -0.2) is 4.98 Å². The predicted molar refractivity (Wildman–Crippen MR) is 48.9 cm³/mol. The van der Waals surface area contributed by atoms with Crippen molar-refractivity contribution in [3.63, 3.8) is 0 Å². The average molecular weight is 176 g/mol. The number of rotatable bonds is 1. The summed E-state index contributed by atoms with van der Waals surface area (Å²) < 4.78 is 4.91. The van der Waals surface area contributed by atoms with E-state index in [4.69, 9.17) is 4.74 Å². The number of hydrogen-bond donors (Lipinski definition) is 1. The minimum atomic E-state index is -0.198. The van der Waals surface area contributed by atoms with Gasteiger partial charge >= 0.3 is 0 Å². The Morgan fingerprint density at radius 3 is 3.00 bits per heavy atom. The Labute approximate surface area is 74.2 Å². The number of pyridine rings is 2. The fourth-order valence-corrected chi connectivity index (χ4v) is 1.16. The fourth-order valence-electron chi connectivity index (χ4n) is 1.16. The summed E-state index contributed by atoms with van der Waals surface area (Å²) in [4.78, 5) is 17.9. The highest BCUT2D eigenvalue weighted by Gasteiger charge is 2.00. The molecule has 13 heavy (non-hydrogen) atoms. The third-order valence-electron chi connectivity index (χ3n) is 1.80. The zero-order valence-corrected chi connectivity index (χ0v) is 7.07. The first-order chi connectivity index (χ1) is 6.31. The molecule has 2 aromatic rings. The number of nitrogens with one attached hydrogen (secondary N) is 1. The molecule has 1 N–H and O–H groups in total. The number of fused-ring (bicyclic) bond motifs is 1. The lowest BCUT2D eigenvalue weighted by atomic mass is 10.3. The van der Waals surface area contributed by atoms with Crippen LogP contribution in [-0.4, -0.2) is 17.1 Å². The van der Waals surface area contributed by atoms with Crippen molar-refractivity contribution in [2.45, 2.75) is 0 Å². The molecule has 0 aliphatic carbocycles. The highest BCUT2D eigenvalue weighted by atomic mass is 16.5. The van der Waals surface area contributed by atoms with E-state index >= 15 is 0 Å². The molecular formula is C9H8N2O2. The second-order valence-electron chi connectivity index (χ2n) is 2.60. The number of nitrogens with zero attached hydrogens (tertiary/aromatic N) is 1. The Bertz CT molecular complexity index is 490. The van der Waals surface area contributed by atoms with Gasteiger partial charge in [-0.2, -0.15) is 0 Å². The number of aromatic nitrogens is 2. The van der Waals surface area contributed by atoms with Crippen LogP contribution in [0.15, 0.2) is 29.2 Å². The van der Waals surface area contributed by atoms with E-state index in [9.17, 15) is 4.79 Å². The van der Waals surface area contributed by atoms with Gasteiger partial charge in [-0.3, -0.25) is 4.79 Å². The summed E-state index contributed by atoms with van der Waals surface area (Å²) in [5, 5.41) is 0.810. The van der Waals surface area contributed by atoms with E-state index in [1.165, 1.54) is 7.11 Å². The van der Waals surface area contributed by atoms with Gasteiger partial charge in [-0.05, 0) is 12.1 Å². The van der Waals surface area contributed by atoms with Crippen molar-refractivity contribution < 1.29 is 4.74 Å². The zero-order valence-electron chi connectivity index (χ0n) is 7.07. The van der Waals surface area contributed by atoms with Crippen molar-refractivity contribution in [1.82, 2.24) is 9.97 Å². The molecule has 0 saturated carbocycles. The molecule has 0 unspecified atom stereocenters. The standard InChI is InChI=1S/C9H8N2O2/c1-13-7-3-2-6-4-5-10-9(12)8(6)11-7/h2-5H,1H3,(H,10,12).